The van der Waals surface area contributed by atoms with Gasteiger partial charge in [0.1, 0.15) is 5.02 Å². The first kappa shape index (κ1) is 19.6. The van der Waals surface area contributed by atoms with Crippen LogP contribution in [0.3, 0.4) is 0 Å². The van der Waals surface area contributed by atoms with Crippen LogP contribution in [0.4, 0.5) is 5.69 Å². The Morgan fingerprint density at radius 1 is 1.07 bits per heavy atom. The zero-order chi connectivity index (χ0) is 19.9. The molecule has 1 aliphatic rings. The highest BCUT2D eigenvalue weighted by atomic mass is 35.5. The van der Waals surface area contributed by atoms with E-state index in [0.717, 1.165) is 29.9 Å². The van der Waals surface area contributed by atoms with E-state index in [-0.39, 0.29) is 16.5 Å². The van der Waals surface area contributed by atoms with E-state index in [1.807, 2.05) is 30.3 Å². The highest BCUT2D eigenvalue weighted by molar-refractivity contribution is 6.30. The summed E-state index contributed by atoms with van der Waals surface area (Å²) in [4.78, 5) is 30.8. The van der Waals surface area contributed by atoms with Crippen molar-refractivity contribution in [2.45, 2.75) is 12.8 Å². The van der Waals surface area contributed by atoms with Crippen LogP contribution in [0.2, 0.25) is 5.02 Å². The molecule has 1 aliphatic heterocycles. The summed E-state index contributed by atoms with van der Waals surface area (Å²) in [7, 11) is 0. The van der Waals surface area contributed by atoms with Crippen molar-refractivity contribution in [3.63, 3.8) is 0 Å². The van der Waals surface area contributed by atoms with Crippen LogP contribution in [-0.2, 0) is 0 Å². The molecule has 3 N–H and O–H groups in total. The van der Waals surface area contributed by atoms with Crippen molar-refractivity contribution in [1.29, 1.82) is 0 Å². The number of hydrogen-bond donors (Lipinski definition) is 2. The Morgan fingerprint density at radius 2 is 1.79 bits per heavy atom. The molecule has 144 valence electrons. The van der Waals surface area contributed by atoms with Crippen LogP contribution in [0, 0.1) is 0 Å². The molecule has 2 aromatic heterocycles. The van der Waals surface area contributed by atoms with Gasteiger partial charge < -0.3 is 15.6 Å². The first-order valence-electron chi connectivity index (χ1n) is 8.98. The van der Waals surface area contributed by atoms with E-state index in [1.54, 1.807) is 24.5 Å². The normalized spacial score (nSPS) is 13.0. The number of pyridine rings is 2. The predicted octanol–water partition coefficient (Wildman–Crippen LogP) is 3.48. The summed E-state index contributed by atoms with van der Waals surface area (Å²) in [6.07, 6.45) is 7.37. The Balaban J connectivity index is 0.000000236. The molecule has 0 unspecified atom stereocenters. The van der Waals surface area contributed by atoms with Crippen molar-refractivity contribution >= 4 is 23.2 Å². The highest BCUT2D eigenvalue weighted by Gasteiger charge is 2.18. The molecule has 0 radical (unpaired) electrons. The van der Waals surface area contributed by atoms with E-state index >= 15 is 0 Å². The van der Waals surface area contributed by atoms with Crippen LogP contribution in [0.15, 0.2) is 65.8 Å². The Hall–Kier alpha value is -3.12. The number of aromatic amines is 1. The zero-order valence-electron chi connectivity index (χ0n) is 15.3. The Morgan fingerprint density at radius 3 is 2.36 bits per heavy atom. The van der Waals surface area contributed by atoms with Crippen LogP contribution >= 0.6 is 11.6 Å². The number of primary amides is 1. The summed E-state index contributed by atoms with van der Waals surface area (Å²) >= 11 is 5.36. The van der Waals surface area contributed by atoms with Crippen molar-refractivity contribution in [2.24, 2.45) is 5.73 Å². The lowest BCUT2D eigenvalue weighted by molar-refractivity contribution is 0.100. The van der Waals surface area contributed by atoms with E-state index in [9.17, 15) is 9.59 Å². The van der Waals surface area contributed by atoms with Gasteiger partial charge in [-0.05, 0) is 60.4 Å². The number of hydrogen-bond acceptors (Lipinski definition) is 4. The molecule has 0 atom stereocenters. The molecule has 6 nitrogen and oxygen atoms in total. The number of benzene rings is 1. The van der Waals surface area contributed by atoms with E-state index in [4.69, 9.17) is 17.3 Å². The van der Waals surface area contributed by atoms with Gasteiger partial charge in [0.25, 0.3) is 11.5 Å². The first-order valence-corrected chi connectivity index (χ1v) is 9.36. The number of carbonyl (C=O) groups excluding carboxylic acids is 1. The lowest BCUT2D eigenvalue weighted by Gasteiger charge is -2.21. The van der Waals surface area contributed by atoms with Gasteiger partial charge in [-0.15, -0.1) is 0 Å². The van der Waals surface area contributed by atoms with Crippen molar-refractivity contribution in [3.8, 4) is 11.1 Å². The van der Waals surface area contributed by atoms with E-state index in [1.165, 1.54) is 19.0 Å². The molecule has 0 bridgehead atoms. The molecule has 28 heavy (non-hydrogen) atoms. The monoisotopic (exact) mass is 396 g/mol. The quantitative estimate of drug-likeness (QED) is 0.708. The molecule has 3 aromatic rings. The maximum absolute atomic E-state index is 11.7. The maximum atomic E-state index is 11.7. The molecule has 1 saturated heterocycles. The minimum Gasteiger partial charge on any atom is -0.371 e. The van der Waals surface area contributed by atoms with Gasteiger partial charge in [0.15, 0.2) is 0 Å². The van der Waals surface area contributed by atoms with Crippen LogP contribution in [-0.4, -0.2) is 29.0 Å². The highest BCUT2D eigenvalue weighted by Crippen LogP contribution is 2.29. The number of amides is 1. The van der Waals surface area contributed by atoms with Gasteiger partial charge in [0, 0.05) is 37.4 Å². The van der Waals surface area contributed by atoms with Crippen molar-refractivity contribution in [1.82, 2.24) is 9.97 Å². The van der Waals surface area contributed by atoms with Crippen LogP contribution < -0.4 is 16.2 Å². The SMILES string of the molecule is NC(=O)c1cc(-c2ccncc2)ccc1N1CCCC1.O=c1[nH]cccc1Cl. The van der Waals surface area contributed by atoms with Gasteiger partial charge in [0.05, 0.1) is 5.56 Å². The fraction of sp³-hybridized carbons (Fsp3) is 0.190. The van der Waals surface area contributed by atoms with Gasteiger partial charge >= 0.3 is 0 Å². The minimum absolute atomic E-state index is 0.229. The topological polar surface area (TPSA) is 92.1 Å². The molecule has 0 aliphatic carbocycles. The zero-order valence-corrected chi connectivity index (χ0v) is 16.0. The second-order valence-corrected chi connectivity index (χ2v) is 6.78. The standard InChI is InChI=1S/C16H17N3O.C5H4ClNO/c17-16(20)14-11-13(12-5-7-18-8-6-12)3-4-15(14)19-9-1-2-10-19;6-4-2-1-3-7-5(4)8/h3-8,11H,1-2,9-10H2,(H2,17,20);1-3H,(H,7,8). The van der Waals surface area contributed by atoms with Gasteiger partial charge in [-0.25, -0.2) is 0 Å². The Labute approximate surface area is 168 Å². The summed E-state index contributed by atoms with van der Waals surface area (Å²) in [6, 6.07) is 13.0. The number of halogens is 1. The van der Waals surface area contributed by atoms with Crippen LogP contribution in [0.1, 0.15) is 23.2 Å². The van der Waals surface area contributed by atoms with E-state index in [0.29, 0.717) is 5.56 Å². The summed E-state index contributed by atoms with van der Waals surface area (Å²) in [5.74, 6) is -0.372. The van der Waals surface area contributed by atoms with Gasteiger partial charge in [0.2, 0.25) is 0 Å². The Kier molecular flexibility index (Phi) is 6.45. The number of anilines is 1. The fourth-order valence-electron chi connectivity index (χ4n) is 3.09. The van der Waals surface area contributed by atoms with Crippen molar-refractivity contribution in [3.05, 3.63) is 82.0 Å². The molecule has 1 fully saturated rings. The maximum Gasteiger partial charge on any atom is 0.266 e. The third-order valence-corrected chi connectivity index (χ3v) is 4.79. The lowest BCUT2D eigenvalue weighted by Crippen LogP contribution is -2.23. The lowest BCUT2D eigenvalue weighted by atomic mass is 10.0. The molecule has 1 aromatic carbocycles. The Bertz CT molecular complexity index is 999. The minimum atomic E-state index is -0.372. The van der Waals surface area contributed by atoms with Gasteiger partial charge in [-0.2, -0.15) is 0 Å². The smallest absolute Gasteiger partial charge is 0.266 e. The number of aromatic nitrogens is 2. The summed E-state index contributed by atoms with van der Waals surface area (Å²) in [5.41, 5.74) is 8.89. The van der Waals surface area contributed by atoms with Crippen LogP contribution in [0.5, 0.6) is 0 Å². The fourth-order valence-corrected chi connectivity index (χ4v) is 3.22. The summed E-state index contributed by atoms with van der Waals surface area (Å²) < 4.78 is 0. The summed E-state index contributed by atoms with van der Waals surface area (Å²) in [5, 5.41) is 0.229. The second kappa shape index (κ2) is 9.19. The van der Waals surface area contributed by atoms with Crippen LogP contribution in [0.25, 0.3) is 11.1 Å². The third-order valence-electron chi connectivity index (χ3n) is 4.49. The number of nitrogens with two attached hydrogens (primary N) is 1. The van der Waals surface area contributed by atoms with Crippen molar-refractivity contribution in [2.75, 3.05) is 18.0 Å². The molecule has 0 spiro atoms. The predicted molar refractivity (Wildman–Crippen MR) is 112 cm³/mol. The van der Waals surface area contributed by atoms with E-state index in [2.05, 4.69) is 14.9 Å². The number of nitrogens with zero attached hydrogens (tertiary/aromatic N) is 2. The average molecular weight is 397 g/mol. The molecule has 0 saturated carbocycles. The largest absolute Gasteiger partial charge is 0.371 e. The number of H-pyrrole nitrogens is 1. The average Bonchev–Trinajstić information content (AvgIpc) is 3.26. The molecule has 1 amide bonds. The number of carbonyl (C=O) groups is 1. The van der Waals surface area contributed by atoms with Gasteiger partial charge in [-0.1, -0.05) is 17.7 Å². The van der Waals surface area contributed by atoms with E-state index < -0.39 is 0 Å². The number of rotatable bonds is 3. The molecule has 4 rings (SSSR count). The molecule has 7 heteroatoms. The third kappa shape index (κ3) is 4.78. The molecule has 3 heterocycles. The second-order valence-electron chi connectivity index (χ2n) is 6.37. The first-order chi connectivity index (χ1) is 13.6. The summed E-state index contributed by atoms with van der Waals surface area (Å²) in [6.45, 7) is 1.99. The van der Waals surface area contributed by atoms with Crippen molar-refractivity contribution < 1.29 is 4.79 Å². The molecular weight excluding hydrogens is 376 g/mol. The molecular formula is C21H21ClN4O2. The number of nitrogens with one attached hydrogen (secondary N) is 1. The van der Waals surface area contributed by atoms with Gasteiger partial charge in [-0.3, -0.25) is 14.6 Å².